The average molecular weight is 245 g/mol. The van der Waals surface area contributed by atoms with Crippen LogP contribution in [-0.2, 0) is 0 Å². The summed E-state index contributed by atoms with van der Waals surface area (Å²) in [6.07, 6.45) is 0. The van der Waals surface area contributed by atoms with Gasteiger partial charge in [0, 0.05) is 16.8 Å². The van der Waals surface area contributed by atoms with E-state index in [-0.39, 0.29) is 5.82 Å². The zero-order valence-electron chi connectivity index (χ0n) is 9.71. The highest BCUT2D eigenvalue weighted by Crippen LogP contribution is 2.30. The third-order valence-corrected chi connectivity index (χ3v) is 2.93. The predicted molar refractivity (Wildman–Crippen MR) is 69.4 cm³/mol. The van der Waals surface area contributed by atoms with E-state index in [2.05, 4.69) is 15.0 Å². The van der Waals surface area contributed by atoms with Gasteiger partial charge in [-0.2, -0.15) is 0 Å². The number of aryl methyl sites for hydroxylation is 1. The number of imidazole rings is 1. The number of nitrogens with one attached hydrogen (secondary N) is 2. The minimum Gasteiger partial charge on any atom is -0.398 e. The van der Waals surface area contributed by atoms with Crippen molar-refractivity contribution in [2.45, 2.75) is 6.92 Å². The molecule has 6 heteroatoms. The lowest BCUT2D eigenvalue weighted by atomic mass is 10.2. The molecule has 3 rings (SSSR count). The Morgan fingerprint density at radius 1 is 1.22 bits per heavy atom. The summed E-state index contributed by atoms with van der Waals surface area (Å²) in [5, 5.41) is 0.644. The molecule has 0 spiro atoms. The lowest BCUT2D eigenvalue weighted by Gasteiger charge is -1.95. The van der Waals surface area contributed by atoms with Gasteiger partial charge in [0.25, 0.3) is 0 Å². The molecule has 0 fully saturated rings. The van der Waals surface area contributed by atoms with Crippen LogP contribution < -0.4 is 11.5 Å². The Morgan fingerprint density at radius 2 is 2.00 bits per heavy atom. The number of benzene rings is 1. The molecule has 6 N–H and O–H groups in total. The Morgan fingerprint density at radius 3 is 2.61 bits per heavy atom. The molecule has 0 atom stereocenters. The highest BCUT2D eigenvalue weighted by molar-refractivity contribution is 5.95. The SMILES string of the molecule is Cc1[nH]c(N)nc1-c1cc2c(N)ccc(F)c2[nH]1. The Hall–Kier alpha value is -2.50. The number of aromatic nitrogens is 3. The molecule has 1 aromatic carbocycles. The number of H-pyrrole nitrogens is 2. The van der Waals surface area contributed by atoms with Crippen molar-refractivity contribution >= 4 is 22.5 Å². The molecule has 5 nitrogen and oxygen atoms in total. The largest absolute Gasteiger partial charge is 0.398 e. The first-order valence-electron chi connectivity index (χ1n) is 5.45. The van der Waals surface area contributed by atoms with Crippen LogP contribution in [0.15, 0.2) is 18.2 Å². The summed E-state index contributed by atoms with van der Waals surface area (Å²) in [6.45, 7) is 1.85. The second-order valence-electron chi connectivity index (χ2n) is 4.20. The molecular formula is C12H12FN5. The second kappa shape index (κ2) is 3.49. The van der Waals surface area contributed by atoms with E-state index in [0.29, 0.717) is 33.9 Å². The predicted octanol–water partition coefficient (Wildman–Crippen LogP) is 2.17. The van der Waals surface area contributed by atoms with E-state index in [1.54, 1.807) is 12.1 Å². The summed E-state index contributed by atoms with van der Waals surface area (Å²) in [6, 6.07) is 4.65. The van der Waals surface area contributed by atoms with Crippen molar-refractivity contribution in [1.29, 1.82) is 0 Å². The van der Waals surface area contributed by atoms with E-state index in [1.807, 2.05) is 6.92 Å². The normalized spacial score (nSPS) is 11.2. The van der Waals surface area contributed by atoms with Crippen LogP contribution in [0, 0.1) is 12.7 Å². The molecule has 0 amide bonds. The fourth-order valence-electron chi connectivity index (χ4n) is 2.08. The first kappa shape index (κ1) is 10.6. The monoisotopic (exact) mass is 245 g/mol. The molecule has 2 aromatic heterocycles. The highest BCUT2D eigenvalue weighted by atomic mass is 19.1. The number of rotatable bonds is 1. The Kier molecular flexibility index (Phi) is 2.07. The van der Waals surface area contributed by atoms with Crippen LogP contribution in [0.1, 0.15) is 5.69 Å². The number of anilines is 2. The maximum Gasteiger partial charge on any atom is 0.198 e. The molecule has 3 aromatic rings. The molecule has 0 radical (unpaired) electrons. The number of hydrogen-bond donors (Lipinski definition) is 4. The van der Waals surface area contributed by atoms with Crippen LogP contribution in [0.4, 0.5) is 16.0 Å². The van der Waals surface area contributed by atoms with Crippen molar-refractivity contribution in [2.75, 3.05) is 11.5 Å². The van der Waals surface area contributed by atoms with Crippen molar-refractivity contribution in [2.24, 2.45) is 0 Å². The molecule has 0 aliphatic carbocycles. The van der Waals surface area contributed by atoms with E-state index in [9.17, 15) is 4.39 Å². The number of nitrogen functional groups attached to an aromatic ring is 2. The number of hydrogen-bond acceptors (Lipinski definition) is 3. The van der Waals surface area contributed by atoms with Crippen LogP contribution >= 0.6 is 0 Å². The maximum atomic E-state index is 13.7. The van der Waals surface area contributed by atoms with Crippen molar-refractivity contribution in [3.05, 3.63) is 29.7 Å². The zero-order chi connectivity index (χ0) is 12.9. The van der Waals surface area contributed by atoms with Crippen molar-refractivity contribution in [1.82, 2.24) is 15.0 Å². The van der Waals surface area contributed by atoms with Gasteiger partial charge in [-0.15, -0.1) is 0 Å². The van der Waals surface area contributed by atoms with Gasteiger partial charge in [-0.05, 0) is 25.1 Å². The number of nitrogens with two attached hydrogens (primary N) is 2. The summed E-state index contributed by atoms with van der Waals surface area (Å²) in [4.78, 5) is 10.0. The summed E-state index contributed by atoms with van der Waals surface area (Å²) < 4.78 is 13.7. The second-order valence-corrected chi connectivity index (χ2v) is 4.20. The maximum absolute atomic E-state index is 13.7. The zero-order valence-corrected chi connectivity index (χ0v) is 9.71. The number of halogens is 1. The van der Waals surface area contributed by atoms with Gasteiger partial charge in [-0.25, -0.2) is 9.37 Å². The Labute approximate surface area is 102 Å². The topological polar surface area (TPSA) is 96.5 Å². The average Bonchev–Trinajstić information content (AvgIpc) is 2.88. The fourth-order valence-corrected chi connectivity index (χ4v) is 2.08. The standard InChI is InChI=1S/C12H12FN5/c1-5-10(18-12(15)16-5)9-4-6-8(14)3-2-7(13)11(6)17-9/h2-4,17H,14H2,1H3,(H3,15,16,18). The minimum atomic E-state index is -0.341. The fraction of sp³-hybridized carbons (Fsp3) is 0.0833. The molecule has 18 heavy (non-hydrogen) atoms. The molecule has 0 aliphatic rings. The van der Waals surface area contributed by atoms with Crippen LogP contribution in [0.3, 0.4) is 0 Å². The number of nitrogens with zero attached hydrogens (tertiary/aromatic N) is 1. The van der Waals surface area contributed by atoms with Crippen LogP contribution in [0.25, 0.3) is 22.3 Å². The van der Waals surface area contributed by atoms with Gasteiger partial charge in [0.1, 0.15) is 11.5 Å². The first-order valence-corrected chi connectivity index (χ1v) is 5.45. The van der Waals surface area contributed by atoms with Gasteiger partial charge in [0.2, 0.25) is 0 Å². The van der Waals surface area contributed by atoms with Gasteiger partial charge < -0.3 is 21.4 Å². The highest BCUT2D eigenvalue weighted by Gasteiger charge is 2.13. The van der Waals surface area contributed by atoms with Gasteiger partial charge in [-0.1, -0.05) is 0 Å². The Bertz CT molecular complexity index is 701. The molecule has 0 saturated carbocycles. The summed E-state index contributed by atoms with van der Waals surface area (Å²) in [5.74, 6) is -0.0128. The summed E-state index contributed by atoms with van der Waals surface area (Å²) in [7, 11) is 0. The van der Waals surface area contributed by atoms with Crippen molar-refractivity contribution < 1.29 is 4.39 Å². The third kappa shape index (κ3) is 1.42. The van der Waals surface area contributed by atoms with Crippen molar-refractivity contribution in [3.8, 4) is 11.4 Å². The van der Waals surface area contributed by atoms with Crippen LogP contribution in [0.2, 0.25) is 0 Å². The molecule has 2 heterocycles. The van der Waals surface area contributed by atoms with Gasteiger partial charge in [-0.3, -0.25) is 0 Å². The van der Waals surface area contributed by atoms with Crippen LogP contribution in [0.5, 0.6) is 0 Å². The smallest absolute Gasteiger partial charge is 0.198 e. The molecule has 0 unspecified atom stereocenters. The lowest BCUT2D eigenvalue weighted by Crippen LogP contribution is -1.86. The molecule has 0 aliphatic heterocycles. The van der Waals surface area contributed by atoms with E-state index in [4.69, 9.17) is 11.5 Å². The number of fused-ring (bicyclic) bond motifs is 1. The van der Waals surface area contributed by atoms with E-state index < -0.39 is 0 Å². The van der Waals surface area contributed by atoms with Crippen molar-refractivity contribution in [3.63, 3.8) is 0 Å². The first-order chi connectivity index (χ1) is 8.56. The van der Waals surface area contributed by atoms with Gasteiger partial charge in [0.15, 0.2) is 5.95 Å². The molecule has 92 valence electrons. The van der Waals surface area contributed by atoms with E-state index >= 15 is 0 Å². The van der Waals surface area contributed by atoms with Crippen LogP contribution in [-0.4, -0.2) is 15.0 Å². The molecular weight excluding hydrogens is 233 g/mol. The molecule has 0 bridgehead atoms. The minimum absolute atomic E-state index is 0.328. The Balaban J connectivity index is 2.29. The van der Waals surface area contributed by atoms with Gasteiger partial charge >= 0.3 is 0 Å². The van der Waals surface area contributed by atoms with E-state index in [1.165, 1.54) is 6.07 Å². The van der Waals surface area contributed by atoms with Gasteiger partial charge in [0.05, 0.1) is 11.2 Å². The summed E-state index contributed by atoms with van der Waals surface area (Å²) >= 11 is 0. The molecule has 0 saturated heterocycles. The van der Waals surface area contributed by atoms with E-state index in [0.717, 1.165) is 5.69 Å². The summed E-state index contributed by atoms with van der Waals surface area (Å²) in [5.41, 5.74) is 14.5. The third-order valence-electron chi connectivity index (χ3n) is 2.93. The lowest BCUT2D eigenvalue weighted by molar-refractivity contribution is 0.637. The quantitative estimate of drug-likeness (QED) is 0.494. The number of aromatic amines is 2.